The average molecular weight is 421 g/mol. The van der Waals surface area contributed by atoms with Crippen LogP contribution in [0.2, 0.25) is 0 Å². The molecule has 3 aromatic carbocycles. The number of rotatable bonds is 8. The second kappa shape index (κ2) is 10.0. The molecule has 7 nitrogen and oxygen atoms in total. The summed E-state index contributed by atoms with van der Waals surface area (Å²) in [6, 6.07) is 18.8. The summed E-state index contributed by atoms with van der Waals surface area (Å²) in [6.45, 7) is -0.0777. The van der Waals surface area contributed by atoms with Gasteiger partial charge in [0, 0.05) is 11.3 Å². The molecule has 31 heavy (non-hydrogen) atoms. The molecule has 3 rings (SSSR count). The fourth-order valence-corrected chi connectivity index (χ4v) is 2.69. The van der Waals surface area contributed by atoms with Crippen molar-refractivity contribution < 1.29 is 23.5 Å². The maximum absolute atomic E-state index is 13.0. The molecule has 0 aliphatic heterocycles. The summed E-state index contributed by atoms with van der Waals surface area (Å²) in [6.07, 6.45) is 0. The van der Waals surface area contributed by atoms with Crippen LogP contribution >= 0.6 is 0 Å². The minimum atomic E-state index is -0.641. The van der Waals surface area contributed by atoms with Gasteiger partial charge in [0.25, 0.3) is 11.8 Å². The molecule has 3 amide bonds. The lowest BCUT2D eigenvalue weighted by molar-refractivity contribution is -0.117. The predicted octanol–water partition coefficient (Wildman–Crippen LogP) is 2.87. The molecule has 0 aromatic heterocycles. The van der Waals surface area contributed by atoms with Gasteiger partial charge >= 0.3 is 0 Å². The topological polar surface area (TPSA) is 111 Å². The molecule has 0 aliphatic carbocycles. The fourth-order valence-electron chi connectivity index (χ4n) is 2.69. The zero-order chi connectivity index (χ0) is 22.2. The molecule has 0 saturated heterocycles. The number of primary amides is 1. The van der Waals surface area contributed by atoms with Crippen LogP contribution in [0, 0.1) is 5.82 Å². The van der Waals surface area contributed by atoms with Crippen molar-refractivity contribution in [3.05, 3.63) is 95.3 Å². The quantitative estimate of drug-likeness (QED) is 0.519. The zero-order valence-electron chi connectivity index (χ0n) is 16.4. The molecule has 0 fully saturated rings. The molecule has 0 unspecified atom stereocenters. The van der Waals surface area contributed by atoms with E-state index in [1.807, 2.05) is 0 Å². The van der Waals surface area contributed by atoms with Gasteiger partial charge in [0.2, 0.25) is 5.91 Å². The van der Waals surface area contributed by atoms with Gasteiger partial charge < -0.3 is 21.1 Å². The number of anilines is 1. The van der Waals surface area contributed by atoms with Crippen LogP contribution in [-0.2, 0) is 11.4 Å². The Morgan fingerprint density at radius 3 is 2.23 bits per heavy atom. The SMILES string of the molecule is NC(=O)CNC(=O)c1ccc(NC(=O)c2ccccc2OCc2ccc(F)cc2)cc1. The lowest BCUT2D eigenvalue weighted by atomic mass is 10.1. The van der Waals surface area contributed by atoms with E-state index in [0.29, 0.717) is 22.6 Å². The summed E-state index contributed by atoms with van der Waals surface area (Å²) in [4.78, 5) is 35.4. The Balaban J connectivity index is 1.64. The second-order valence-corrected chi connectivity index (χ2v) is 6.59. The van der Waals surface area contributed by atoms with E-state index >= 15 is 0 Å². The van der Waals surface area contributed by atoms with Crippen molar-refractivity contribution in [3.63, 3.8) is 0 Å². The number of nitrogens with two attached hydrogens (primary N) is 1. The van der Waals surface area contributed by atoms with E-state index in [1.54, 1.807) is 48.5 Å². The third-order valence-electron chi connectivity index (χ3n) is 4.27. The smallest absolute Gasteiger partial charge is 0.259 e. The van der Waals surface area contributed by atoms with Gasteiger partial charge in [0.1, 0.15) is 18.2 Å². The highest BCUT2D eigenvalue weighted by Crippen LogP contribution is 2.21. The average Bonchev–Trinajstić information content (AvgIpc) is 2.77. The Hall–Kier alpha value is -4.20. The van der Waals surface area contributed by atoms with E-state index < -0.39 is 11.8 Å². The third kappa shape index (κ3) is 6.14. The summed E-state index contributed by atoms with van der Waals surface area (Å²) in [5, 5.41) is 5.13. The van der Waals surface area contributed by atoms with Gasteiger partial charge in [-0.2, -0.15) is 0 Å². The normalized spacial score (nSPS) is 10.2. The molecule has 158 valence electrons. The lowest BCUT2D eigenvalue weighted by Crippen LogP contribution is -2.33. The van der Waals surface area contributed by atoms with Crippen LogP contribution in [0.15, 0.2) is 72.8 Å². The summed E-state index contributed by atoms with van der Waals surface area (Å²) < 4.78 is 18.8. The van der Waals surface area contributed by atoms with Crippen LogP contribution in [0.4, 0.5) is 10.1 Å². The largest absolute Gasteiger partial charge is 0.488 e. The van der Waals surface area contributed by atoms with Crippen LogP contribution in [-0.4, -0.2) is 24.3 Å². The molecule has 0 saturated carbocycles. The van der Waals surface area contributed by atoms with Crippen LogP contribution in [0.5, 0.6) is 5.75 Å². The fraction of sp³-hybridized carbons (Fsp3) is 0.0870. The first-order valence-corrected chi connectivity index (χ1v) is 9.36. The Labute approximate surface area is 178 Å². The number of carbonyl (C=O) groups excluding carboxylic acids is 3. The van der Waals surface area contributed by atoms with Crippen LogP contribution < -0.4 is 21.1 Å². The second-order valence-electron chi connectivity index (χ2n) is 6.59. The molecular weight excluding hydrogens is 401 g/mol. The van der Waals surface area contributed by atoms with Crippen molar-refractivity contribution in [2.24, 2.45) is 5.73 Å². The number of para-hydroxylation sites is 1. The summed E-state index contributed by atoms with van der Waals surface area (Å²) in [5.74, 6) is -1.43. The van der Waals surface area contributed by atoms with Crippen molar-refractivity contribution in [2.75, 3.05) is 11.9 Å². The molecule has 0 aliphatic rings. The standard InChI is InChI=1S/C23H20FN3O4/c24-17-9-5-15(6-10-17)14-31-20-4-2-1-3-19(20)23(30)27-18-11-7-16(8-12-18)22(29)26-13-21(25)28/h1-12H,13-14H2,(H2,25,28)(H,26,29)(H,27,30). The first kappa shape index (κ1) is 21.5. The van der Waals surface area contributed by atoms with Crippen LogP contribution in [0.1, 0.15) is 26.3 Å². The van der Waals surface area contributed by atoms with E-state index in [-0.39, 0.29) is 24.9 Å². The first-order valence-electron chi connectivity index (χ1n) is 9.36. The van der Waals surface area contributed by atoms with Gasteiger partial charge in [-0.3, -0.25) is 14.4 Å². The Morgan fingerprint density at radius 2 is 1.55 bits per heavy atom. The number of nitrogens with one attached hydrogen (secondary N) is 2. The van der Waals surface area contributed by atoms with Crippen LogP contribution in [0.25, 0.3) is 0 Å². The van der Waals surface area contributed by atoms with Gasteiger partial charge in [-0.25, -0.2) is 4.39 Å². The number of carbonyl (C=O) groups is 3. The molecule has 0 heterocycles. The summed E-state index contributed by atoms with van der Waals surface area (Å²) in [5.41, 5.74) is 6.89. The molecular formula is C23H20FN3O4. The molecule has 0 radical (unpaired) electrons. The van der Waals surface area contributed by atoms with Crippen molar-refractivity contribution in [2.45, 2.75) is 6.61 Å². The van der Waals surface area contributed by atoms with Gasteiger partial charge in [0.15, 0.2) is 0 Å². The third-order valence-corrected chi connectivity index (χ3v) is 4.27. The van der Waals surface area contributed by atoms with Crippen molar-refractivity contribution >= 4 is 23.4 Å². The maximum atomic E-state index is 13.0. The predicted molar refractivity (Wildman–Crippen MR) is 113 cm³/mol. The highest BCUT2D eigenvalue weighted by atomic mass is 19.1. The molecule has 0 spiro atoms. The lowest BCUT2D eigenvalue weighted by Gasteiger charge is -2.12. The first-order chi connectivity index (χ1) is 14.9. The number of amides is 3. The Morgan fingerprint density at radius 1 is 0.871 bits per heavy atom. The minimum Gasteiger partial charge on any atom is -0.488 e. The number of hydrogen-bond acceptors (Lipinski definition) is 4. The van der Waals surface area contributed by atoms with Gasteiger partial charge in [-0.1, -0.05) is 24.3 Å². The van der Waals surface area contributed by atoms with Gasteiger partial charge in [0.05, 0.1) is 12.1 Å². The van der Waals surface area contributed by atoms with Crippen LogP contribution in [0.3, 0.4) is 0 Å². The van der Waals surface area contributed by atoms with E-state index in [4.69, 9.17) is 10.5 Å². The molecule has 8 heteroatoms. The number of halogens is 1. The molecule has 0 atom stereocenters. The van der Waals surface area contributed by atoms with Gasteiger partial charge in [-0.05, 0) is 54.1 Å². The summed E-state index contributed by atoms with van der Waals surface area (Å²) >= 11 is 0. The van der Waals surface area contributed by atoms with E-state index in [2.05, 4.69) is 10.6 Å². The number of ether oxygens (including phenoxy) is 1. The van der Waals surface area contributed by atoms with Crippen molar-refractivity contribution in [1.29, 1.82) is 0 Å². The number of hydrogen-bond donors (Lipinski definition) is 3. The zero-order valence-corrected chi connectivity index (χ0v) is 16.4. The van der Waals surface area contributed by atoms with E-state index in [0.717, 1.165) is 5.56 Å². The maximum Gasteiger partial charge on any atom is 0.259 e. The van der Waals surface area contributed by atoms with E-state index in [1.165, 1.54) is 24.3 Å². The molecule has 3 aromatic rings. The highest BCUT2D eigenvalue weighted by molar-refractivity contribution is 6.06. The highest BCUT2D eigenvalue weighted by Gasteiger charge is 2.13. The summed E-state index contributed by atoms with van der Waals surface area (Å²) in [7, 11) is 0. The monoisotopic (exact) mass is 421 g/mol. The van der Waals surface area contributed by atoms with Crippen molar-refractivity contribution in [3.8, 4) is 5.75 Å². The number of benzene rings is 3. The Bertz CT molecular complexity index is 1080. The minimum absolute atomic E-state index is 0.180. The van der Waals surface area contributed by atoms with E-state index in [9.17, 15) is 18.8 Å². The van der Waals surface area contributed by atoms with Gasteiger partial charge in [-0.15, -0.1) is 0 Å². The Kier molecular flexibility index (Phi) is 6.95. The molecule has 4 N–H and O–H groups in total. The molecule has 0 bridgehead atoms. The van der Waals surface area contributed by atoms with Crippen molar-refractivity contribution in [1.82, 2.24) is 5.32 Å².